The van der Waals surface area contributed by atoms with Crippen molar-refractivity contribution >= 4 is 34.0 Å². The fourth-order valence-electron chi connectivity index (χ4n) is 2.05. The minimum absolute atomic E-state index is 0.0127. The van der Waals surface area contributed by atoms with Crippen molar-refractivity contribution in [2.45, 2.75) is 19.3 Å². The molecule has 0 aliphatic carbocycles. The van der Waals surface area contributed by atoms with Gasteiger partial charge in [0.15, 0.2) is 10.8 Å². The fourth-order valence-corrected chi connectivity index (χ4v) is 2.74. The Morgan fingerprint density at radius 1 is 1.41 bits per heavy atom. The topological polar surface area (TPSA) is 94.3 Å². The van der Waals surface area contributed by atoms with Crippen molar-refractivity contribution in [2.75, 3.05) is 18.2 Å². The third kappa shape index (κ3) is 3.82. The molecule has 0 aliphatic heterocycles. The van der Waals surface area contributed by atoms with E-state index in [1.807, 2.05) is 31.2 Å². The molecule has 0 saturated heterocycles. The van der Waals surface area contributed by atoms with Gasteiger partial charge in [-0.1, -0.05) is 25.1 Å². The molecule has 1 aromatic heterocycles. The maximum absolute atomic E-state index is 12.1. The van der Waals surface area contributed by atoms with Gasteiger partial charge in [-0.3, -0.25) is 4.79 Å². The quantitative estimate of drug-likeness (QED) is 0.652. The number of thiazole rings is 1. The lowest BCUT2D eigenvalue weighted by Gasteiger charge is -2.13. The molecule has 6 nitrogen and oxygen atoms in total. The molecular formula is C15H17N3O3S. The lowest BCUT2D eigenvalue weighted by atomic mass is 9.96. The summed E-state index contributed by atoms with van der Waals surface area (Å²) in [5, 5.41) is 4.60. The number of carbonyl (C=O) groups is 2. The molecule has 0 fully saturated rings. The Labute approximate surface area is 132 Å². The highest BCUT2D eigenvalue weighted by Gasteiger charge is 2.16. The normalized spacial score (nSPS) is 11.7. The molecule has 0 saturated carbocycles. The Kier molecular flexibility index (Phi) is 5.11. The summed E-state index contributed by atoms with van der Waals surface area (Å²) in [5.74, 6) is -0.718. The molecule has 22 heavy (non-hydrogen) atoms. The average molecular weight is 319 g/mol. The van der Waals surface area contributed by atoms with Crippen LogP contribution in [0.5, 0.6) is 0 Å². The Hall–Kier alpha value is -2.41. The van der Waals surface area contributed by atoms with Crippen LogP contribution < -0.4 is 11.1 Å². The Morgan fingerprint density at radius 3 is 2.82 bits per heavy atom. The van der Waals surface area contributed by atoms with Gasteiger partial charge in [0.05, 0.1) is 7.11 Å². The lowest BCUT2D eigenvalue weighted by molar-refractivity contribution is -0.116. The fraction of sp³-hybridized carbons (Fsp3) is 0.267. The molecule has 0 radical (unpaired) electrons. The van der Waals surface area contributed by atoms with Crippen LogP contribution in [-0.4, -0.2) is 24.0 Å². The van der Waals surface area contributed by atoms with Crippen molar-refractivity contribution in [1.29, 1.82) is 0 Å². The van der Waals surface area contributed by atoms with E-state index in [0.717, 1.165) is 5.56 Å². The molecular weight excluding hydrogens is 302 g/mol. The number of para-hydroxylation sites is 1. The van der Waals surface area contributed by atoms with E-state index in [1.165, 1.54) is 18.4 Å². The number of aromatic nitrogens is 1. The molecule has 1 atom stereocenters. The summed E-state index contributed by atoms with van der Waals surface area (Å²) >= 11 is 1.18. The minimum atomic E-state index is -0.526. The Morgan fingerprint density at radius 2 is 2.14 bits per heavy atom. The number of amides is 1. The van der Waals surface area contributed by atoms with E-state index < -0.39 is 5.97 Å². The lowest BCUT2D eigenvalue weighted by Crippen LogP contribution is -2.15. The van der Waals surface area contributed by atoms with Crippen molar-refractivity contribution in [2.24, 2.45) is 0 Å². The molecule has 0 aliphatic rings. The van der Waals surface area contributed by atoms with Gasteiger partial charge in [0.2, 0.25) is 5.91 Å². The van der Waals surface area contributed by atoms with Crippen LogP contribution in [0.3, 0.4) is 0 Å². The van der Waals surface area contributed by atoms with Crippen LogP contribution in [0, 0.1) is 0 Å². The number of esters is 1. The monoisotopic (exact) mass is 319 g/mol. The number of anilines is 2. The van der Waals surface area contributed by atoms with E-state index >= 15 is 0 Å². The Bertz CT molecular complexity index is 684. The smallest absolute Gasteiger partial charge is 0.357 e. The van der Waals surface area contributed by atoms with Gasteiger partial charge in [0.1, 0.15) is 0 Å². The van der Waals surface area contributed by atoms with Crippen LogP contribution in [0.1, 0.15) is 35.3 Å². The molecule has 0 unspecified atom stereocenters. The highest BCUT2D eigenvalue weighted by molar-refractivity contribution is 7.14. The summed E-state index contributed by atoms with van der Waals surface area (Å²) in [6.07, 6.45) is 0.279. The van der Waals surface area contributed by atoms with Crippen molar-refractivity contribution < 1.29 is 14.3 Å². The first-order valence-corrected chi connectivity index (χ1v) is 7.57. The number of rotatable bonds is 5. The maximum Gasteiger partial charge on any atom is 0.357 e. The summed E-state index contributed by atoms with van der Waals surface area (Å²) in [7, 11) is 1.28. The van der Waals surface area contributed by atoms with Gasteiger partial charge in [-0.25, -0.2) is 9.78 Å². The molecule has 3 N–H and O–H groups in total. The number of benzene rings is 1. The molecule has 1 aromatic carbocycles. The van der Waals surface area contributed by atoms with E-state index in [-0.39, 0.29) is 23.9 Å². The van der Waals surface area contributed by atoms with Crippen molar-refractivity contribution in [3.63, 3.8) is 0 Å². The predicted octanol–water partition coefficient (Wildman–Crippen LogP) is 2.64. The molecule has 7 heteroatoms. The van der Waals surface area contributed by atoms with Crippen molar-refractivity contribution in [3.05, 3.63) is 40.9 Å². The summed E-state index contributed by atoms with van der Waals surface area (Å²) in [5.41, 5.74) is 7.70. The zero-order valence-electron chi connectivity index (χ0n) is 12.3. The second-order valence-electron chi connectivity index (χ2n) is 4.81. The number of hydrogen-bond acceptors (Lipinski definition) is 6. The molecule has 1 heterocycles. The first kappa shape index (κ1) is 16.0. The van der Waals surface area contributed by atoms with Gasteiger partial charge < -0.3 is 15.8 Å². The van der Waals surface area contributed by atoms with E-state index in [9.17, 15) is 9.59 Å². The molecule has 2 rings (SSSR count). The predicted molar refractivity (Wildman–Crippen MR) is 86.0 cm³/mol. The standard InChI is InChI=1S/C15H17N3O3S/c1-9(10-5-3-4-6-11(10)16)7-13(19)18-15-17-12(8-22-15)14(20)21-2/h3-6,8-9H,7,16H2,1-2H3,(H,17,18,19)/t9-/m0/s1. The molecule has 0 bridgehead atoms. The van der Waals surface area contributed by atoms with Gasteiger partial charge >= 0.3 is 5.97 Å². The van der Waals surface area contributed by atoms with Crippen molar-refractivity contribution in [1.82, 2.24) is 4.98 Å². The van der Waals surface area contributed by atoms with Gasteiger partial charge in [-0.2, -0.15) is 0 Å². The summed E-state index contributed by atoms with van der Waals surface area (Å²) in [6, 6.07) is 7.47. The van der Waals surface area contributed by atoms with E-state index in [4.69, 9.17) is 5.73 Å². The van der Waals surface area contributed by atoms with Crippen LogP contribution in [0.2, 0.25) is 0 Å². The second kappa shape index (κ2) is 7.04. The van der Waals surface area contributed by atoms with Crippen LogP contribution in [0.25, 0.3) is 0 Å². The number of methoxy groups -OCH3 is 1. The second-order valence-corrected chi connectivity index (χ2v) is 5.67. The zero-order valence-corrected chi connectivity index (χ0v) is 13.1. The maximum atomic E-state index is 12.1. The zero-order chi connectivity index (χ0) is 16.1. The number of nitrogens with one attached hydrogen (secondary N) is 1. The third-order valence-corrected chi connectivity index (χ3v) is 3.92. The van der Waals surface area contributed by atoms with E-state index in [1.54, 1.807) is 5.38 Å². The number of carbonyl (C=O) groups excluding carboxylic acids is 2. The van der Waals surface area contributed by atoms with Crippen LogP contribution in [0.15, 0.2) is 29.6 Å². The first-order valence-electron chi connectivity index (χ1n) is 6.69. The van der Waals surface area contributed by atoms with Crippen LogP contribution in [-0.2, 0) is 9.53 Å². The number of nitrogen functional groups attached to an aromatic ring is 1. The van der Waals surface area contributed by atoms with E-state index in [2.05, 4.69) is 15.0 Å². The SMILES string of the molecule is COC(=O)c1csc(NC(=O)C[C@H](C)c2ccccc2N)n1. The number of ether oxygens (including phenoxy) is 1. The molecule has 2 aromatic rings. The Balaban J connectivity index is 1.97. The number of nitrogens with zero attached hydrogens (tertiary/aromatic N) is 1. The van der Waals surface area contributed by atoms with Crippen LogP contribution in [0.4, 0.5) is 10.8 Å². The van der Waals surface area contributed by atoms with E-state index in [0.29, 0.717) is 10.8 Å². The summed E-state index contributed by atoms with van der Waals surface area (Å²) < 4.78 is 4.57. The van der Waals surface area contributed by atoms with Gasteiger partial charge in [-0.15, -0.1) is 11.3 Å². The molecule has 1 amide bonds. The minimum Gasteiger partial charge on any atom is -0.464 e. The van der Waals surface area contributed by atoms with Gasteiger partial charge in [-0.05, 0) is 17.5 Å². The van der Waals surface area contributed by atoms with Crippen LogP contribution >= 0.6 is 11.3 Å². The average Bonchev–Trinajstić information content (AvgIpc) is 2.95. The van der Waals surface area contributed by atoms with Gasteiger partial charge in [0, 0.05) is 17.5 Å². The summed E-state index contributed by atoms with van der Waals surface area (Å²) in [6.45, 7) is 1.94. The molecule has 116 valence electrons. The molecule has 0 spiro atoms. The summed E-state index contributed by atoms with van der Waals surface area (Å²) in [4.78, 5) is 27.4. The third-order valence-electron chi connectivity index (χ3n) is 3.16. The first-order chi connectivity index (χ1) is 10.5. The number of hydrogen-bond donors (Lipinski definition) is 2. The largest absolute Gasteiger partial charge is 0.464 e. The highest BCUT2D eigenvalue weighted by Crippen LogP contribution is 2.25. The number of nitrogens with two attached hydrogens (primary N) is 1. The van der Waals surface area contributed by atoms with Crippen molar-refractivity contribution in [3.8, 4) is 0 Å². The highest BCUT2D eigenvalue weighted by atomic mass is 32.1. The van der Waals surface area contributed by atoms with Gasteiger partial charge in [0.25, 0.3) is 0 Å².